The SMILES string of the molecule is CN(C)c1ccc(NC(=O)c2ccc(CC#N)cc2)cc1. The molecule has 0 saturated heterocycles. The van der Waals surface area contributed by atoms with Crippen molar-refractivity contribution in [1.82, 2.24) is 0 Å². The first kappa shape index (κ1) is 14.6. The van der Waals surface area contributed by atoms with Gasteiger partial charge in [-0.2, -0.15) is 5.26 Å². The van der Waals surface area contributed by atoms with Crippen LogP contribution in [0.5, 0.6) is 0 Å². The average molecular weight is 279 g/mol. The molecule has 0 saturated carbocycles. The van der Waals surface area contributed by atoms with Crippen LogP contribution in [0.15, 0.2) is 48.5 Å². The lowest BCUT2D eigenvalue weighted by atomic mass is 10.1. The summed E-state index contributed by atoms with van der Waals surface area (Å²) in [7, 11) is 3.94. The van der Waals surface area contributed by atoms with Gasteiger partial charge in [-0.05, 0) is 42.0 Å². The average Bonchev–Trinajstić information content (AvgIpc) is 2.49. The molecule has 0 fully saturated rings. The lowest BCUT2D eigenvalue weighted by Crippen LogP contribution is -2.12. The molecule has 1 N–H and O–H groups in total. The fraction of sp³-hybridized carbons (Fsp3) is 0.176. The summed E-state index contributed by atoms with van der Waals surface area (Å²) in [6, 6.07) is 16.8. The molecular weight excluding hydrogens is 262 g/mol. The highest BCUT2D eigenvalue weighted by Gasteiger charge is 2.06. The largest absolute Gasteiger partial charge is 0.378 e. The van der Waals surface area contributed by atoms with Gasteiger partial charge >= 0.3 is 0 Å². The summed E-state index contributed by atoms with van der Waals surface area (Å²) in [6.07, 6.45) is 0.355. The highest BCUT2D eigenvalue weighted by molar-refractivity contribution is 6.04. The van der Waals surface area contributed by atoms with Crippen molar-refractivity contribution < 1.29 is 4.79 Å². The lowest BCUT2D eigenvalue weighted by molar-refractivity contribution is 0.102. The van der Waals surface area contributed by atoms with Crippen molar-refractivity contribution in [2.24, 2.45) is 0 Å². The number of rotatable bonds is 4. The van der Waals surface area contributed by atoms with Gasteiger partial charge in [0.05, 0.1) is 12.5 Å². The zero-order valence-electron chi connectivity index (χ0n) is 12.1. The van der Waals surface area contributed by atoms with E-state index in [1.165, 1.54) is 0 Å². The van der Waals surface area contributed by atoms with E-state index in [2.05, 4.69) is 11.4 Å². The second-order valence-electron chi connectivity index (χ2n) is 4.93. The Balaban J connectivity index is 2.05. The number of nitrogens with zero attached hydrogens (tertiary/aromatic N) is 2. The Morgan fingerprint density at radius 3 is 2.24 bits per heavy atom. The summed E-state index contributed by atoms with van der Waals surface area (Å²) < 4.78 is 0. The normalized spacial score (nSPS) is 9.76. The fourth-order valence-corrected chi connectivity index (χ4v) is 1.91. The van der Waals surface area contributed by atoms with E-state index in [9.17, 15) is 4.79 Å². The van der Waals surface area contributed by atoms with Crippen molar-refractivity contribution in [2.45, 2.75) is 6.42 Å². The molecule has 0 bridgehead atoms. The Bertz CT molecular complexity index is 652. The highest BCUT2D eigenvalue weighted by Crippen LogP contribution is 2.16. The summed E-state index contributed by atoms with van der Waals surface area (Å²) in [5.41, 5.74) is 3.32. The Morgan fingerprint density at radius 1 is 1.10 bits per heavy atom. The Kier molecular flexibility index (Phi) is 4.57. The number of carbonyl (C=O) groups excluding carboxylic acids is 1. The molecule has 0 aliphatic carbocycles. The van der Waals surface area contributed by atoms with E-state index in [0.29, 0.717) is 12.0 Å². The minimum Gasteiger partial charge on any atom is -0.378 e. The molecule has 0 aliphatic heterocycles. The number of carbonyl (C=O) groups is 1. The van der Waals surface area contributed by atoms with Crippen LogP contribution in [0, 0.1) is 11.3 Å². The van der Waals surface area contributed by atoms with E-state index in [1.807, 2.05) is 43.3 Å². The summed E-state index contributed by atoms with van der Waals surface area (Å²) in [4.78, 5) is 14.1. The van der Waals surface area contributed by atoms with Gasteiger partial charge in [-0.15, -0.1) is 0 Å². The number of benzene rings is 2. The number of nitriles is 1. The van der Waals surface area contributed by atoms with E-state index in [-0.39, 0.29) is 5.91 Å². The predicted octanol–water partition coefficient (Wildman–Crippen LogP) is 3.07. The number of hydrogen-bond acceptors (Lipinski definition) is 3. The lowest BCUT2D eigenvalue weighted by Gasteiger charge is -2.13. The zero-order chi connectivity index (χ0) is 15.2. The van der Waals surface area contributed by atoms with Crippen LogP contribution in [0.1, 0.15) is 15.9 Å². The molecule has 4 heteroatoms. The summed E-state index contributed by atoms with van der Waals surface area (Å²) >= 11 is 0. The molecule has 2 rings (SSSR count). The van der Waals surface area contributed by atoms with E-state index >= 15 is 0 Å². The molecule has 1 amide bonds. The Hall–Kier alpha value is -2.80. The quantitative estimate of drug-likeness (QED) is 0.935. The molecule has 0 aromatic heterocycles. The maximum absolute atomic E-state index is 12.1. The first-order valence-corrected chi connectivity index (χ1v) is 6.65. The first-order chi connectivity index (χ1) is 10.1. The van der Waals surface area contributed by atoms with Crippen molar-refractivity contribution in [3.63, 3.8) is 0 Å². The maximum Gasteiger partial charge on any atom is 0.255 e. The first-order valence-electron chi connectivity index (χ1n) is 6.65. The molecule has 2 aromatic carbocycles. The molecule has 21 heavy (non-hydrogen) atoms. The molecule has 0 radical (unpaired) electrons. The molecule has 0 unspecified atom stereocenters. The van der Waals surface area contributed by atoms with E-state index < -0.39 is 0 Å². The predicted molar refractivity (Wildman–Crippen MR) is 84.5 cm³/mol. The van der Waals surface area contributed by atoms with Crippen molar-refractivity contribution >= 4 is 17.3 Å². The van der Waals surface area contributed by atoms with Crippen LogP contribution in [0.4, 0.5) is 11.4 Å². The number of hydrogen-bond donors (Lipinski definition) is 1. The van der Waals surface area contributed by atoms with Gasteiger partial charge in [0.15, 0.2) is 0 Å². The minimum atomic E-state index is -0.156. The van der Waals surface area contributed by atoms with Crippen LogP contribution >= 0.6 is 0 Å². The molecular formula is C17H17N3O. The Morgan fingerprint density at radius 2 is 1.71 bits per heavy atom. The minimum absolute atomic E-state index is 0.156. The van der Waals surface area contributed by atoms with Crippen LogP contribution in [0.3, 0.4) is 0 Å². The van der Waals surface area contributed by atoms with E-state index in [4.69, 9.17) is 5.26 Å². The summed E-state index contributed by atoms with van der Waals surface area (Å²) in [5, 5.41) is 11.5. The van der Waals surface area contributed by atoms with Crippen molar-refractivity contribution in [3.8, 4) is 6.07 Å². The van der Waals surface area contributed by atoms with Crippen molar-refractivity contribution in [3.05, 3.63) is 59.7 Å². The van der Waals surface area contributed by atoms with Crippen LogP contribution in [-0.4, -0.2) is 20.0 Å². The smallest absolute Gasteiger partial charge is 0.255 e. The van der Waals surface area contributed by atoms with E-state index in [0.717, 1.165) is 16.9 Å². The fourth-order valence-electron chi connectivity index (χ4n) is 1.91. The molecule has 4 nitrogen and oxygen atoms in total. The molecule has 0 spiro atoms. The van der Waals surface area contributed by atoms with Gasteiger partial charge in [-0.3, -0.25) is 4.79 Å². The van der Waals surface area contributed by atoms with Crippen LogP contribution in [0.25, 0.3) is 0 Å². The number of amides is 1. The maximum atomic E-state index is 12.1. The van der Waals surface area contributed by atoms with Gasteiger partial charge in [-0.25, -0.2) is 0 Å². The van der Waals surface area contributed by atoms with Crippen LogP contribution < -0.4 is 10.2 Å². The summed E-state index contributed by atoms with van der Waals surface area (Å²) in [5.74, 6) is -0.156. The monoisotopic (exact) mass is 279 g/mol. The van der Waals surface area contributed by atoms with Gasteiger partial charge in [0.25, 0.3) is 5.91 Å². The zero-order valence-corrected chi connectivity index (χ0v) is 12.1. The molecule has 0 atom stereocenters. The third-order valence-electron chi connectivity index (χ3n) is 3.14. The second-order valence-corrected chi connectivity index (χ2v) is 4.93. The topological polar surface area (TPSA) is 56.1 Å². The third-order valence-corrected chi connectivity index (χ3v) is 3.14. The van der Waals surface area contributed by atoms with E-state index in [1.54, 1.807) is 24.3 Å². The number of anilines is 2. The van der Waals surface area contributed by atoms with Gasteiger partial charge in [0.1, 0.15) is 0 Å². The number of nitrogens with one attached hydrogen (secondary N) is 1. The van der Waals surface area contributed by atoms with Crippen LogP contribution in [0.2, 0.25) is 0 Å². The summed E-state index contributed by atoms with van der Waals surface area (Å²) in [6.45, 7) is 0. The second kappa shape index (κ2) is 6.58. The standard InChI is InChI=1S/C17H17N3O/c1-20(2)16-9-7-15(8-10-16)19-17(21)14-5-3-13(4-6-14)11-12-18/h3-10H,11H2,1-2H3,(H,19,21). The molecule has 0 heterocycles. The Labute approximate surface area is 124 Å². The van der Waals surface area contributed by atoms with Crippen LogP contribution in [-0.2, 0) is 6.42 Å². The van der Waals surface area contributed by atoms with Gasteiger partial charge in [-0.1, -0.05) is 12.1 Å². The van der Waals surface area contributed by atoms with Gasteiger partial charge in [0.2, 0.25) is 0 Å². The van der Waals surface area contributed by atoms with Crippen molar-refractivity contribution in [1.29, 1.82) is 5.26 Å². The molecule has 2 aromatic rings. The third kappa shape index (κ3) is 3.83. The van der Waals surface area contributed by atoms with Gasteiger partial charge < -0.3 is 10.2 Å². The molecule has 0 aliphatic rings. The van der Waals surface area contributed by atoms with Gasteiger partial charge in [0, 0.05) is 31.0 Å². The highest BCUT2D eigenvalue weighted by atomic mass is 16.1. The van der Waals surface area contributed by atoms with Crippen molar-refractivity contribution in [2.75, 3.05) is 24.3 Å². The molecule has 106 valence electrons.